The van der Waals surface area contributed by atoms with Gasteiger partial charge in [-0.2, -0.15) is 13.2 Å². The second kappa shape index (κ2) is 8.49. The van der Waals surface area contributed by atoms with Crippen LogP contribution in [-0.2, 0) is 15.8 Å². The van der Waals surface area contributed by atoms with Gasteiger partial charge in [0.1, 0.15) is 11.5 Å². The van der Waals surface area contributed by atoms with Crippen LogP contribution in [0.2, 0.25) is 0 Å². The molecule has 1 heterocycles. The molecule has 180 valence electrons. The van der Waals surface area contributed by atoms with Gasteiger partial charge >= 0.3 is 6.18 Å². The largest absolute Gasteiger partial charge is 0.497 e. The molecule has 4 rings (SSSR count). The predicted octanol–water partition coefficient (Wildman–Crippen LogP) is 5.89. The smallest absolute Gasteiger partial charge is 0.416 e. The highest BCUT2D eigenvalue weighted by molar-refractivity contribution is 6.08. The summed E-state index contributed by atoms with van der Waals surface area (Å²) in [7, 11) is 3.03. The number of allylic oxidation sites excluding steroid dienone is 2. The summed E-state index contributed by atoms with van der Waals surface area (Å²) < 4.78 is 51.0. The quantitative estimate of drug-likeness (QED) is 0.556. The van der Waals surface area contributed by atoms with Gasteiger partial charge in [0.25, 0.3) is 0 Å². The zero-order chi connectivity index (χ0) is 24.8. The van der Waals surface area contributed by atoms with Crippen LogP contribution in [0.3, 0.4) is 0 Å². The van der Waals surface area contributed by atoms with Gasteiger partial charge in [-0.25, -0.2) is 0 Å². The van der Waals surface area contributed by atoms with Gasteiger partial charge in [0, 0.05) is 41.3 Å². The standard InChI is InChI=1S/C26H26F3NO4/c1-25(2)13-20-24(21(31)14-25)19(18-11-17(33-3)8-9-22(18)34-4)12-23(32)30(20)16-7-5-6-15(10-16)26(27,28)29/h5-11,19H,12-14H2,1-4H3/t19-/m1/s1. The number of Topliss-reactive ketones (excluding diaryl/α,β-unsaturated/α-hetero) is 1. The lowest BCUT2D eigenvalue weighted by Crippen LogP contribution is -2.43. The van der Waals surface area contributed by atoms with Crippen molar-refractivity contribution in [3.63, 3.8) is 0 Å². The summed E-state index contributed by atoms with van der Waals surface area (Å²) in [6.07, 6.45) is -3.98. The molecule has 1 aliphatic heterocycles. The van der Waals surface area contributed by atoms with Crippen LogP contribution in [0, 0.1) is 5.41 Å². The van der Waals surface area contributed by atoms with Crippen LogP contribution >= 0.6 is 0 Å². The maximum atomic E-state index is 13.5. The van der Waals surface area contributed by atoms with E-state index in [9.17, 15) is 22.8 Å². The van der Waals surface area contributed by atoms with Crippen molar-refractivity contribution < 1.29 is 32.2 Å². The molecule has 0 spiro atoms. The average Bonchev–Trinajstić information content (AvgIpc) is 2.76. The Hall–Kier alpha value is -3.29. The molecule has 0 N–H and O–H groups in total. The van der Waals surface area contributed by atoms with Crippen LogP contribution in [0.15, 0.2) is 53.7 Å². The molecule has 0 bridgehead atoms. The summed E-state index contributed by atoms with van der Waals surface area (Å²) in [5.41, 5.74) is 0.344. The fourth-order valence-electron chi connectivity index (χ4n) is 4.91. The summed E-state index contributed by atoms with van der Waals surface area (Å²) >= 11 is 0. The van der Waals surface area contributed by atoms with E-state index < -0.39 is 23.1 Å². The molecule has 0 saturated heterocycles. The summed E-state index contributed by atoms with van der Waals surface area (Å²) in [6.45, 7) is 3.83. The number of ketones is 1. The van der Waals surface area contributed by atoms with E-state index in [4.69, 9.17) is 9.47 Å². The number of anilines is 1. The first-order valence-electron chi connectivity index (χ1n) is 10.9. The first kappa shape index (κ1) is 23.9. The Bertz CT molecular complexity index is 1180. The monoisotopic (exact) mass is 473 g/mol. The summed E-state index contributed by atoms with van der Waals surface area (Å²) in [5, 5.41) is 0. The van der Waals surface area contributed by atoms with Gasteiger partial charge in [0.05, 0.1) is 19.8 Å². The lowest BCUT2D eigenvalue weighted by atomic mass is 9.69. The highest BCUT2D eigenvalue weighted by Crippen LogP contribution is 2.50. The maximum Gasteiger partial charge on any atom is 0.416 e. The second-order valence-corrected chi connectivity index (χ2v) is 9.44. The normalized spacial score (nSPS) is 20.3. The highest BCUT2D eigenvalue weighted by Gasteiger charge is 2.45. The molecule has 0 aromatic heterocycles. The third-order valence-electron chi connectivity index (χ3n) is 6.39. The van der Waals surface area contributed by atoms with E-state index >= 15 is 0 Å². The molecule has 5 nitrogen and oxygen atoms in total. The van der Waals surface area contributed by atoms with Crippen molar-refractivity contribution in [3.05, 3.63) is 64.9 Å². The molecule has 34 heavy (non-hydrogen) atoms. The molecule has 0 saturated carbocycles. The average molecular weight is 473 g/mol. The number of carbonyl (C=O) groups excluding carboxylic acids is 2. The molecular weight excluding hydrogens is 447 g/mol. The summed E-state index contributed by atoms with van der Waals surface area (Å²) in [4.78, 5) is 28.2. The number of methoxy groups -OCH3 is 2. The number of amides is 1. The lowest BCUT2D eigenvalue weighted by molar-refractivity contribution is -0.137. The van der Waals surface area contributed by atoms with E-state index in [1.165, 1.54) is 31.3 Å². The molecule has 0 radical (unpaired) electrons. The summed E-state index contributed by atoms with van der Waals surface area (Å²) in [6, 6.07) is 9.86. The lowest BCUT2D eigenvalue weighted by Gasteiger charge is -2.43. The Morgan fingerprint density at radius 1 is 1.00 bits per heavy atom. The van der Waals surface area contributed by atoms with Crippen LogP contribution in [0.25, 0.3) is 0 Å². The van der Waals surface area contributed by atoms with Gasteiger partial charge in [-0.15, -0.1) is 0 Å². The zero-order valence-corrected chi connectivity index (χ0v) is 19.5. The molecule has 2 aromatic rings. The molecule has 1 amide bonds. The molecule has 2 aliphatic rings. The number of benzene rings is 2. The van der Waals surface area contributed by atoms with E-state index in [1.807, 2.05) is 13.8 Å². The Labute approximate surface area is 196 Å². The molecular formula is C26H26F3NO4. The first-order valence-corrected chi connectivity index (χ1v) is 10.9. The van der Waals surface area contributed by atoms with E-state index in [-0.39, 0.29) is 30.2 Å². The van der Waals surface area contributed by atoms with Crippen molar-refractivity contribution in [1.82, 2.24) is 0 Å². The van der Waals surface area contributed by atoms with Crippen LogP contribution in [0.5, 0.6) is 11.5 Å². The van der Waals surface area contributed by atoms with E-state index in [1.54, 1.807) is 18.2 Å². The number of hydrogen-bond donors (Lipinski definition) is 0. The Morgan fingerprint density at radius 3 is 2.38 bits per heavy atom. The van der Waals surface area contributed by atoms with Crippen molar-refractivity contribution in [2.45, 2.75) is 45.2 Å². The number of hydrogen-bond acceptors (Lipinski definition) is 4. The van der Waals surface area contributed by atoms with Crippen LogP contribution in [-0.4, -0.2) is 25.9 Å². The van der Waals surface area contributed by atoms with Gasteiger partial charge < -0.3 is 9.47 Å². The van der Waals surface area contributed by atoms with Crippen molar-refractivity contribution in [2.24, 2.45) is 5.41 Å². The Morgan fingerprint density at radius 2 is 1.74 bits per heavy atom. The zero-order valence-electron chi connectivity index (χ0n) is 19.5. The van der Waals surface area contributed by atoms with E-state index in [0.717, 1.165) is 12.1 Å². The van der Waals surface area contributed by atoms with E-state index in [0.29, 0.717) is 34.8 Å². The molecule has 1 aliphatic carbocycles. The predicted molar refractivity (Wildman–Crippen MR) is 121 cm³/mol. The third kappa shape index (κ3) is 4.29. The molecule has 0 unspecified atom stereocenters. The van der Waals surface area contributed by atoms with Gasteiger partial charge in [-0.1, -0.05) is 19.9 Å². The van der Waals surface area contributed by atoms with Gasteiger partial charge in [0.15, 0.2) is 5.78 Å². The van der Waals surface area contributed by atoms with Crippen molar-refractivity contribution in [1.29, 1.82) is 0 Å². The maximum absolute atomic E-state index is 13.5. The topological polar surface area (TPSA) is 55.8 Å². The first-order chi connectivity index (χ1) is 15.9. The highest BCUT2D eigenvalue weighted by atomic mass is 19.4. The Kier molecular flexibility index (Phi) is 5.96. The number of alkyl halides is 3. The van der Waals surface area contributed by atoms with Gasteiger partial charge in [0.2, 0.25) is 5.91 Å². The van der Waals surface area contributed by atoms with Gasteiger partial charge in [-0.3, -0.25) is 14.5 Å². The van der Waals surface area contributed by atoms with Crippen LogP contribution in [0.4, 0.5) is 18.9 Å². The third-order valence-corrected chi connectivity index (χ3v) is 6.39. The van der Waals surface area contributed by atoms with Crippen molar-refractivity contribution in [3.8, 4) is 11.5 Å². The number of carbonyl (C=O) groups is 2. The van der Waals surface area contributed by atoms with Crippen LogP contribution in [0.1, 0.15) is 50.2 Å². The minimum absolute atomic E-state index is 0.0786. The number of rotatable bonds is 4. The van der Waals surface area contributed by atoms with Crippen molar-refractivity contribution in [2.75, 3.05) is 19.1 Å². The minimum Gasteiger partial charge on any atom is -0.497 e. The van der Waals surface area contributed by atoms with Crippen molar-refractivity contribution >= 4 is 17.4 Å². The molecule has 8 heteroatoms. The SMILES string of the molecule is COc1ccc(OC)c([C@H]2CC(=O)N(c3cccc(C(F)(F)F)c3)C3=C2C(=O)CC(C)(C)C3)c1. The number of halogens is 3. The molecule has 2 aromatic carbocycles. The van der Waals surface area contributed by atoms with Crippen LogP contribution < -0.4 is 14.4 Å². The molecule has 0 fully saturated rings. The molecule has 1 atom stereocenters. The second-order valence-electron chi connectivity index (χ2n) is 9.44. The Balaban J connectivity index is 1.93. The number of ether oxygens (including phenoxy) is 2. The number of nitrogens with zero attached hydrogens (tertiary/aromatic N) is 1. The summed E-state index contributed by atoms with van der Waals surface area (Å²) in [5.74, 6) is -0.0212. The van der Waals surface area contributed by atoms with Gasteiger partial charge in [-0.05, 0) is 48.2 Å². The fourth-order valence-corrected chi connectivity index (χ4v) is 4.91. The van der Waals surface area contributed by atoms with E-state index in [2.05, 4.69) is 0 Å². The fraction of sp³-hybridized carbons (Fsp3) is 0.385. The minimum atomic E-state index is -4.55.